The maximum atomic E-state index is 14.3. The lowest BCUT2D eigenvalue weighted by Crippen LogP contribution is -2.54. The van der Waals surface area contributed by atoms with Gasteiger partial charge in [0.25, 0.3) is 11.8 Å². The minimum absolute atomic E-state index is 0.211. The molecule has 0 fully saturated rings. The Morgan fingerprint density at radius 2 is 1.45 bits per heavy atom. The molecule has 5 nitrogen and oxygen atoms in total. The quantitative estimate of drug-likeness (QED) is 0.284. The third-order valence-corrected chi connectivity index (χ3v) is 8.10. The number of amides is 2. The summed E-state index contributed by atoms with van der Waals surface area (Å²) in [6.45, 7) is 0. The highest BCUT2D eigenvalue weighted by atomic mass is 35.5. The molecule has 1 N–H and O–H groups in total. The lowest BCUT2D eigenvalue weighted by Gasteiger charge is -2.39. The summed E-state index contributed by atoms with van der Waals surface area (Å²) in [4.78, 5) is 43.4. The summed E-state index contributed by atoms with van der Waals surface area (Å²) in [5, 5.41) is 4.45. The van der Waals surface area contributed by atoms with E-state index >= 15 is 0 Å². The smallest absolute Gasteiger partial charge is 0.255 e. The molecule has 4 aromatic carbocycles. The van der Waals surface area contributed by atoms with Crippen LogP contribution < -0.4 is 15.6 Å². The molecule has 2 atom stereocenters. The molecule has 0 spiro atoms. The number of anilines is 2. The van der Waals surface area contributed by atoms with Gasteiger partial charge in [-0.1, -0.05) is 78.3 Å². The number of carbonyl (C=O) groups is 2. The van der Waals surface area contributed by atoms with Crippen LogP contribution in [0.25, 0.3) is 10.1 Å². The number of nitrogens with zero attached hydrogens (tertiary/aromatic N) is 1. The van der Waals surface area contributed by atoms with Crippen molar-refractivity contribution in [3.8, 4) is 0 Å². The van der Waals surface area contributed by atoms with Crippen LogP contribution in [-0.2, 0) is 4.79 Å². The van der Waals surface area contributed by atoms with Crippen molar-refractivity contribution in [2.75, 3.05) is 4.90 Å². The van der Waals surface area contributed by atoms with E-state index in [1.54, 1.807) is 47.4 Å². The molecular formula is C31H21ClN2O3S. The van der Waals surface area contributed by atoms with Crippen LogP contribution in [0.2, 0.25) is 5.02 Å². The zero-order chi connectivity index (χ0) is 26.2. The fourth-order valence-electron chi connectivity index (χ4n) is 4.96. The number of fused-ring (bicyclic) bond motifs is 2. The van der Waals surface area contributed by atoms with E-state index in [-0.39, 0.29) is 17.2 Å². The second kappa shape index (κ2) is 9.89. The Bertz CT molecular complexity index is 1720. The summed E-state index contributed by atoms with van der Waals surface area (Å²) in [6.07, 6.45) is 0. The van der Waals surface area contributed by atoms with Gasteiger partial charge in [0, 0.05) is 37.8 Å². The van der Waals surface area contributed by atoms with Gasteiger partial charge in [0.05, 0.1) is 0 Å². The van der Waals surface area contributed by atoms with Crippen LogP contribution in [0, 0.1) is 0 Å². The van der Waals surface area contributed by atoms with Crippen LogP contribution in [0.4, 0.5) is 10.7 Å². The van der Waals surface area contributed by atoms with E-state index in [1.165, 1.54) is 11.3 Å². The number of hydrogen-bond acceptors (Lipinski definition) is 4. The van der Waals surface area contributed by atoms with Crippen LogP contribution >= 0.6 is 22.9 Å². The van der Waals surface area contributed by atoms with E-state index in [9.17, 15) is 14.4 Å². The summed E-state index contributed by atoms with van der Waals surface area (Å²) < 4.78 is 0.727. The highest BCUT2D eigenvalue weighted by Crippen LogP contribution is 2.46. The highest BCUT2D eigenvalue weighted by molar-refractivity contribution is 7.22. The van der Waals surface area contributed by atoms with Gasteiger partial charge in [-0.15, -0.1) is 11.3 Å². The molecule has 0 radical (unpaired) electrons. The van der Waals surface area contributed by atoms with Gasteiger partial charge in [0.15, 0.2) is 5.43 Å². The fourth-order valence-corrected chi connectivity index (χ4v) is 6.35. The van der Waals surface area contributed by atoms with Gasteiger partial charge in [-0.3, -0.25) is 19.3 Å². The van der Waals surface area contributed by atoms with Gasteiger partial charge in [-0.05, 0) is 48.0 Å². The Morgan fingerprint density at radius 3 is 2.13 bits per heavy atom. The third-order valence-electron chi connectivity index (χ3n) is 6.70. The summed E-state index contributed by atoms with van der Waals surface area (Å²) in [6, 6.07) is 31.5. The Labute approximate surface area is 227 Å². The Kier molecular flexibility index (Phi) is 6.27. The molecule has 2 heterocycles. The molecule has 6 rings (SSSR count). The lowest BCUT2D eigenvalue weighted by atomic mass is 9.81. The summed E-state index contributed by atoms with van der Waals surface area (Å²) in [5.41, 5.74) is 2.06. The van der Waals surface area contributed by atoms with Gasteiger partial charge < -0.3 is 5.32 Å². The van der Waals surface area contributed by atoms with Crippen molar-refractivity contribution >= 4 is 55.5 Å². The van der Waals surface area contributed by atoms with E-state index in [0.29, 0.717) is 32.2 Å². The molecule has 1 aliphatic rings. The van der Waals surface area contributed by atoms with Crippen molar-refractivity contribution in [1.82, 2.24) is 5.32 Å². The zero-order valence-corrected chi connectivity index (χ0v) is 21.6. The van der Waals surface area contributed by atoms with Gasteiger partial charge in [0.1, 0.15) is 11.0 Å². The SMILES string of the molecule is O=C(N[C@H]1C(=O)N(c2ccccc2)c2sc3ccc(Cl)cc3c(=O)c2[C@H]1c1ccccc1)c1ccccc1. The summed E-state index contributed by atoms with van der Waals surface area (Å²) in [5.74, 6) is -1.40. The van der Waals surface area contributed by atoms with Gasteiger partial charge >= 0.3 is 0 Å². The van der Waals surface area contributed by atoms with Crippen molar-refractivity contribution in [3.05, 3.63) is 141 Å². The molecule has 0 aliphatic carbocycles. The molecule has 1 aromatic heterocycles. The van der Waals surface area contributed by atoms with Crippen LogP contribution in [0.3, 0.4) is 0 Å². The van der Waals surface area contributed by atoms with E-state index < -0.39 is 12.0 Å². The van der Waals surface area contributed by atoms with Gasteiger partial charge in [0.2, 0.25) is 0 Å². The van der Waals surface area contributed by atoms with Crippen molar-refractivity contribution in [3.63, 3.8) is 0 Å². The fraction of sp³-hybridized carbons (Fsp3) is 0.0645. The molecule has 0 saturated carbocycles. The first-order valence-electron chi connectivity index (χ1n) is 12.1. The average molecular weight is 537 g/mol. The largest absolute Gasteiger partial charge is 0.339 e. The first kappa shape index (κ1) is 24.1. The van der Waals surface area contributed by atoms with E-state index in [1.807, 2.05) is 66.7 Å². The second-order valence-electron chi connectivity index (χ2n) is 9.01. The standard InChI is InChI=1S/C31H21ClN2O3S/c32-21-16-17-24-23(18-21)28(35)26-25(19-10-4-1-5-11-19)27(33-29(36)20-12-6-2-7-13-20)30(37)34(31(26)38-24)22-14-8-3-9-15-22/h1-18,25,27H,(H,33,36)/t25-,27-/m1/s1. The Morgan fingerprint density at radius 1 is 0.816 bits per heavy atom. The van der Waals surface area contributed by atoms with Crippen molar-refractivity contribution in [2.45, 2.75) is 12.0 Å². The van der Waals surface area contributed by atoms with E-state index in [4.69, 9.17) is 11.6 Å². The topological polar surface area (TPSA) is 66.5 Å². The van der Waals surface area contributed by atoms with E-state index in [2.05, 4.69) is 5.32 Å². The zero-order valence-electron chi connectivity index (χ0n) is 20.0. The van der Waals surface area contributed by atoms with Crippen LogP contribution in [0.15, 0.2) is 114 Å². The summed E-state index contributed by atoms with van der Waals surface area (Å²) >= 11 is 7.65. The normalized spacial score (nSPS) is 16.8. The molecule has 2 amide bonds. The molecule has 7 heteroatoms. The number of hydrogen-bond donors (Lipinski definition) is 1. The first-order chi connectivity index (χ1) is 18.5. The maximum absolute atomic E-state index is 14.3. The molecule has 186 valence electrons. The minimum Gasteiger partial charge on any atom is -0.339 e. The van der Waals surface area contributed by atoms with Gasteiger partial charge in [-0.25, -0.2) is 0 Å². The average Bonchev–Trinajstić information content (AvgIpc) is 2.95. The Hall–Kier alpha value is -4.26. The number of nitrogens with one attached hydrogen (secondary N) is 1. The Balaban J connectivity index is 1.63. The first-order valence-corrected chi connectivity index (χ1v) is 13.3. The van der Waals surface area contributed by atoms with Crippen LogP contribution in [0.1, 0.15) is 27.4 Å². The molecule has 38 heavy (non-hydrogen) atoms. The monoisotopic (exact) mass is 536 g/mol. The van der Waals surface area contributed by atoms with Gasteiger partial charge in [-0.2, -0.15) is 0 Å². The maximum Gasteiger partial charge on any atom is 0.255 e. The molecule has 5 aromatic rings. The molecule has 1 aliphatic heterocycles. The number of rotatable bonds is 4. The van der Waals surface area contributed by atoms with E-state index in [0.717, 1.165) is 10.3 Å². The summed E-state index contributed by atoms with van der Waals surface area (Å²) in [7, 11) is 0. The van der Waals surface area contributed by atoms with Crippen molar-refractivity contribution < 1.29 is 9.59 Å². The highest BCUT2D eigenvalue weighted by Gasteiger charge is 2.45. The number of benzene rings is 4. The molecule has 0 unspecified atom stereocenters. The second-order valence-corrected chi connectivity index (χ2v) is 10.5. The van der Waals surface area contributed by atoms with Crippen LogP contribution in [0.5, 0.6) is 0 Å². The number of carbonyl (C=O) groups excluding carboxylic acids is 2. The molecular weight excluding hydrogens is 516 g/mol. The third kappa shape index (κ3) is 4.18. The van der Waals surface area contributed by atoms with Crippen LogP contribution in [-0.4, -0.2) is 17.9 Å². The lowest BCUT2D eigenvalue weighted by molar-refractivity contribution is -0.120. The van der Waals surface area contributed by atoms with Crippen molar-refractivity contribution in [1.29, 1.82) is 0 Å². The molecule has 0 saturated heterocycles. The predicted molar refractivity (Wildman–Crippen MR) is 153 cm³/mol. The number of para-hydroxylation sites is 1. The number of halogens is 1. The molecule has 0 bridgehead atoms. The minimum atomic E-state index is -1.02. The van der Waals surface area contributed by atoms with Crippen molar-refractivity contribution in [2.24, 2.45) is 0 Å². The predicted octanol–water partition coefficient (Wildman–Crippen LogP) is 6.52.